The van der Waals surface area contributed by atoms with Crippen LogP contribution in [0, 0.1) is 0 Å². The van der Waals surface area contributed by atoms with Crippen molar-refractivity contribution in [3.63, 3.8) is 0 Å². The number of carbonyl (C=O) groups is 1. The van der Waals surface area contributed by atoms with Crippen LogP contribution in [0.4, 0.5) is 0 Å². The average molecular weight is 267 g/mol. The van der Waals surface area contributed by atoms with E-state index in [0.29, 0.717) is 5.56 Å². The minimum Gasteiger partial charge on any atom is -0.267 e. The fourth-order valence-electron chi connectivity index (χ4n) is 0.919. The molecule has 1 amide bonds. The smallest absolute Gasteiger partial charge is 0.267 e. The first-order chi connectivity index (χ1) is 7.24. The molecule has 3 nitrogen and oxygen atoms in total. The molecule has 15 heavy (non-hydrogen) atoms. The lowest BCUT2D eigenvalue weighted by molar-refractivity contribution is 0.0955. The van der Waals surface area contributed by atoms with Gasteiger partial charge in [0.1, 0.15) is 0 Å². The van der Waals surface area contributed by atoms with Crippen molar-refractivity contribution in [3.8, 4) is 0 Å². The lowest BCUT2D eigenvalue weighted by Gasteiger charge is -1.99. The van der Waals surface area contributed by atoms with E-state index in [0.717, 1.165) is 4.47 Å². The Morgan fingerprint density at radius 2 is 2.33 bits per heavy atom. The van der Waals surface area contributed by atoms with Gasteiger partial charge in [-0.05, 0) is 31.2 Å². The minimum atomic E-state index is -0.225. The molecule has 0 radical (unpaired) electrons. The van der Waals surface area contributed by atoms with E-state index in [2.05, 4.69) is 26.5 Å². The van der Waals surface area contributed by atoms with Crippen molar-refractivity contribution in [2.75, 3.05) is 0 Å². The Labute approximate surface area is 97.0 Å². The molecule has 0 unspecified atom stereocenters. The minimum absolute atomic E-state index is 0.225. The molecule has 0 aliphatic rings. The van der Waals surface area contributed by atoms with E-state index < -0.39 is 0 Å². The van der Waals surface area contributed by atoms with E-state index in [1.165, 1.54) is 6.21 Å². The average Bonchev–Trinajstić information content (AvgIpc) is 2.24. The molecule has 0 aliphatic heterocycles. The number of allylic oxidation sites excluding steroid dienone is 2. The highest BCUT2D eigenvalue weighted by Crippen LogP contribution is 2.11. The van der Waals surface area contributed by atoms with Crippen LogP contribution in [0.5, 0.6) is 0 Å². The number of benzene rings is 1. The third-order valence-electron chi connectivity index (χ3n) is 1.61. The molecule has 0 saturated carbocycles. The second-order valence-electron chi connectivity index (χ2n) is 2.76. The Balaban J connectivity index is 2.61. The Morgan fingerprint density at radius 3 is 3.00 bits per heavy atom. The number of halogens is 1. The molecule has 1 N–H and O–H groups in total. The van der Waals surface area contributed by atoms with Gasteiger partial charge in [-0.1, -0.05) is 28.1 Å². The summed E-state index contributed by atoms with van der Waals surface area (Å²) in [5, 5.41) is 3.74. The molecule has 1 aromatic carbocycles. The van der Waals surface area contributed by atoms with Crippen LogP contribution in [-0.2, 0) is 0 Å². The highest BCUT2D eigenvalue weighted by atomic mass is 79.9. The van der Waals surface area contributed by atoms with E-state index in [-0.39, 0.29) is 5.91 Å². The Kier molecular flexibility index (Phi) is 4.77. The summed E-state index contributed by atoms with van der Waals surface area (Å²) in [6.07, 6.45) is 5.09. The molecule has 0 aromatic heterocycles. The summed E-state index contributed by atoms with van der Waals surface area (Å²) in [5.74, 6) is -0.225. The Bertz CT molecular complexity index is 399. The molecule has 0 fully saturated rings. The molecule has 0 aliphatic carbocycles. The predicted molar refractivity (Wildman–Crippen MR) is 64.9 cm³/mol. The maximum absolute atomic E-state index is 11.5. The summed E-state index contributed by atoms with van der Waals surface area (Å²) >= 11 is 3.29. The zero-order valence-corrected chi connectivity index (χ0v) is 9.86. The fraction of sp³-hybridized carbons (Fsp3) is 0.0909. The number of hydrazone groups is 1. The van der Waals surface area contributed by atoms with Crippen molar-refractivity contribution in [2.24, 2.45) is 5.10 Å². The maximum Gasteiger partial charge on any atom is 0.271 e. The van der Waals surface area contributed by atoms with E-state index in [9.17, 15) is 4.79 Å². The summed E-state index contributed by atoms with van der Waals surface area (Å²) in [6.45, 7) is 1.88. The molecule has 0 atom stereocenters. The van der Waals surface area contributed by atoms with Crippen LogP contribution in [0.3, 0.4) is 0 Å². The van der Waals surface area contributed by atoms with Crippen molar-refractivity contribution in [1.29, 1.82) is 0 Å². The van der Waals surface area contributed by atoms with Gasteiger partial charge in [0.25, 0.3) is 5.91 Å². The highest BCUT2D eigenvalue weighted by Gasteiger charge is 2.02. The van der Waals surface area contributed by atoms with Gasteiger partial charge in [0.2, 0.25) is 0 Å². The summed E-state index contributed by atoms with van der Waals surface area (Å²) in [4.78, 5) is 11.5. The zero-order chi connectivity index (χ0) is 11.1. The molecule has 0 heterocycles. The van der Waals surface area contributed by atoms with Gasteiger partial charge in [-0.25, -0.2) is 5.43 Å². The zero-order valence-electron chi connectivity index (χ0n) is 8.27. The second kappa shape index (κ2) is 6.14. The molecule has 0 saturated heterocycles. The molecule has 0 bridgehead atoms. The van der Waals surface area contributed by atoms with Crippen LogP contribution in [-0.4, -0.2) is 12.1 Å². The van der Waals surface area contributed by atoms with E-state index >= 15 is 0 Å². The molecule has 78 valence electrons. The summed E-state index contributed by atoms with van der Waals surface area (Å²) < 4.78 is 0.868. The number of hydrogen-bond acceptors (Lipinski definition) is 2. The maximum atomic E-state index is 11.5. The van der Waals surface area contributed by atoms with Gasteiger partial charge in [-0.2, -0.15) is 5.10 Å². The monoisotopic (exact) mass is 266 g/mol. The number of nitrogens with zero attached hydrogens (tertiary/aromatic N) is 1. The van der Waals surface area contributed by atoms with E-state index in [4.69, 9.17) is 0 Å². The quantitative estimate of drug-likeness (QED) is 0.664. The first-order valence-corrected chi connectivity index (χ1v) is 5.23. The van der Waals surface area contributed by atoms with Gasteiger partial charge in [0, 0.05) is 16.3 Å². The summed E-state index contributed by atoms with van der Waals surface area (Å²) in [5.41, 5.74) is 2.99. The van der Waals surface area contributed by atoms with Crippen LogP contribution in [0.25, 0.3) is 0 Å². The standard InChI is InChI=1S/C11H11BrN2O/c1-2-3-7-13-14-11(15)9-5-4-6-10(12)8-9/h2-8H,1H3,(H,14,15)/b3-2+,13-7+. The van der Waals surface area contributed by atoms with Crippen LogP contribution in [0.15, 0.2) is 46.0 Å². The molecule has 0 spiro atoms. The van der Waals surface area contributed by atoms with E-state index in [1.807, 2.05) is 19.1 Å². The van der Waals surface area contributed by atoms with Gasteiger partial charge < -0.3 is 0 Å². The van der Waals surface area contributed by atoms with Crippen molar-refractivity contribution in [1.82, 2.24) is 5.43 Å². The van der Waals surface area contributed by atoms with Gasteiger partial charge >= 0.3 is 0 Å². The van der Waals surface area contributed by atoms with Crippen LogP contribution in [0.1, 0.15) is 17.3 Å². The SMILES string of the molecule is C/C=C/C=N/NC(=O)c1cccc(Br)c1. The number of nitrogens with one attached hydrogen (secondary N) is 1. The van der Waals surface area contributed by atoms with Gasteiger partial charge in [-0.15, -0.1) is 0 Å². The van der Waals surface area contributed by atoms with Crippen molar-refractivity contribution in [2.45, 2.75) is 6.92 Å². The molecular formula is C11H11BrN2O. The normalized spacial score (nSPS) is 11.1. The number of hydrogen-bond donors (Lipinski definition) is 1. The molecular weight excluding hydrogens is 256 g/mol. The summed E-state index contributed by atoms with van der Waals surface area (Å²) in [7, 11) is 0. The van der Waals surface area contributed by atoms with Crippen LogP contribution < -0.4 is 5.43 Å². The topological polar surface area (TPSA) is 41.5 Å². The first-order valence-electron chi connectivity index (χ1n) is 4.44. The fourth-order valence-corrected chi connectivity index (χ4v) is 1.32. The van der Waals surface area contributed by atoms with Gasteiger partial charge in [-0.3, -0.25) is 4.79 Å². The highest BCUT2D eigenvalue weighted by molar-refractivity contribution is 9.10. The lowest BCUT2D eigenvalue weighted by Crippen LogP contribution is -2.17. The lowest BCUT2D eigenvalue weighted by atomic mass is 10.2. The predicted octanol–water partition coefficient (Wildman–Crippen LogP) is 2.74. The van der Waals surface area contributed by atoms with Crippen molar-refractivity contribution in [3.05, 3.63) is 46.5 Å². The Hall–Kier alpha value is -1.42. The third kappa shape index (κ3) is 4.08. The number of rotatable bonds is 3. The third-order valence-corrected chi connectivity index (χ3v) is 2.10. The second-order valence-corrected chi connectivity index (χ2v) is 3.67. The number of amides is 1. The van der Waals surface area contributed by atoms with Crippen molar-refractivity contribution >= 4 is 28.1 Å². The number of carbonyl (C=O) groups excluding carboxylic acids is 1. The molecule has 1 rings (SSSR count). The molecule has 4 heteroatoms. The first kappa shape index (κ1) is 11.7. The van der Waals surface area contributed by atoms with Gasteiger partial charge in [0.15, 0.2) is 0 Å². The van der Waals surface area contributed by atoms with Crippen molar-refractivity contribution < 1.29 is 4.79 Å². The van der Waals surface area contributed by atoms with Gasteiger partial charge in [0.05, 0.1) is 0 Å². The van der Waals surface area contributed by atoms with Crippen LogP contribution in [0.2, 0.25) is 0 Å². The summed E-state index contributed by atoms with van der Waals surface area (Å²) in [6, 6.07) is 7.13. The molecule has 1 aromatic rings. The van der Waals surface area contributed by atoms with E-state index in [1.54, 1.807) is 24.3 Å². The Morgan fingerprint density at radius 1 is 1.53 bits per heavy atom. The van der Waals surface area contributed by atoms with Crippen LogP contribution >= 0.6 is 15.9 Å². The largest absolute Gasteiger partial charge is 0.271 e.